The van der Waals surface area contributed by atoms with Gasteiger partial charge in [0.25, 0.3) is 5.56 Å². The summed E-state index contributed by atoms with van der Waals surface area (Å²) in [5.41, 5.74) is 1.83. The highest BCUT2D eigenvalue weighted by atomic mass is 16.6. The van der Waals surface area contributed by atoms with Crippen molar-refractivity contribution >= 4 is 11.6 Å². The number of ether oxygens (including phenoxy) is 4. The smallest absolute Gasteiger partial charge is 0.338 e. The van der Waals surface area contributed by atoms with Crippen LogP contribution in [0.1, 0.15) is 21.6 Å². The van der Waals surface area contributed by atoms with Gasteiger partial charge in [-0.1, -0.05) is 6.07 Å². The Morgan fingerprint density at radius 1 is 1.21 bits per heavy atom. The van der Waals surface area contributed by atoms with Crippen LogP contribution in [-0.4, -0.2) is 35.7 Å². The maximum absolute atomic E-state index is 12.5. The van der Waals surface area contributed by atoms with Crippen molar-refractivity contribution in [2.75, 3.05) is 20.3 Å². The fourth-order valence-electron chi connectivity index (χ4n) is 2.95. The van der Waals surface area contributed by atoms with Crippen LogP contribution in [0, 0.1) is 6.92 Å². The fraction of sp³-hybridized carbons (Fsp3) is 0.250. The van der Waals surface area contributed by atoms with Crippen molar-refractivity contribution in [3.05, 3.63) is 63.7 Å². The first kappa shape index (κ1) is 17.8. The highest BCUT2D eigenvalue weighted by molar-refractivity contribution is 5.91. The number of hydrogen-bond donors (Lipinski definition) is 0. The van der Waals surface area contributed by atoms with Gasteiger partial charge in [0.1, 0.15) is 25.5 Å². The molecule has 0 amide bonds. The highest BCUT2D eigenvalue weighted by Gasteiger charge is 2.21. The number of aromatic nitrogens is 2. The first-order valence-electron chi connectivity index (χ1n) is 8.69. The molecule has 1 aliphatic heterocycles. The fourth-order valence-corrected chi connectivity index (χ4v) is 2.95. The topological polar surface area (TPSA) is 88.4 Å². The number of aryl methyl sites for hydroxylation is 1. The SMILES string of the molecule is COc1cc(C(=O)OCc2cc(=O)n3cc(C)ccc3n2)cc2c1OCCO2. The van der Waals surface area contributed by atoms with Crippen LogP contribution < -0.4 is 19.8 Å². The van der Waals surface area contributed by atoms with Gasteiger partial charge in [-0.15, -0.1) is 0 Å². The van der Waals surface area contributed by atoms with Gasteiger partial charge in [0.15, 0.2) is 11.5 Å². The summed E-state index contributed by atoms with van der Waals surface area (Å²) in [7, 11) is 1.48. The Balaban J connectivity index is 1.55. The molecular weight excluding hydrogens is 364 g/mol. The molecule has 0 fully saturated rings. The predicted octanol–water partition coefficient (Wildman–Crippen LogP) is 2.14. The van der Waals surface area contributed by atoms with Gasteiger partial charge >= 0.3 is 5.97 Å². The molecule has 3 aromatic rings. The van der Waals surface area contributed by atoms with E-state index in [-0.39, 0.29) is 17.7 Å². The third-order valence-electron chi connectivity index (χ3n) is 4.28. The largest absolute Gasteiger partial charge is 0.493 e. The van der Waals surface area contributed by atoms with Crippen LogP contribution in [0.5, 0.6) is 17.2 Å². The van der Waals surface area contributed by atoms with Gasteiger partial charge in [-0.05, 0) is 30.7 Å². The molecule has 28 heavy (non-hydrogen) atoms. The van der Waals surface area contributed by atoms with Crippen LogP contribution in [0.4, 0.5) is 0 Å². The number of hydrogen-bond acceptors (Lipinski definition) is 7. The molecule has 0 radical (unpaired) electrons. The molecule has 8 heteroatoms. The Morgan fingerprint density at radius 2 is 2.04 bits per heavy atom. The van der Waals surface area contributed by atoms with Gasteiger partial charge in [0.05, 0.1) is 18.4 Å². The van der Waals surface area contributed by atoms with Crippen molar-refractivity contribution in [1.82, 2.24) is 9.38 Å². The van der Waals surface area contributed by atoms with Crippen molar-refractivity contribution in [2.24, 2.45) is 0 Å². The maximum Gasteiger partial charge on any atom is 0.338 e. The van der Waals surface area contributed by atoms with E-state index in [1.165, 1.54) is 23.6 Å². The van der Waals surface area contributed by atoms with Gasteiger partial charge in [-0.3, -0.25) is 9.20 Å². The summed E-state index contributed by atoms with van der Waals surface area (Å²) in [5, 5.41) is 0. The molecule has 0 N–H and O–H groups in total. The van der Waals surface area contributed by atoms with Crippen molar-refractivity contribution in [2.45, 2.75) is 13.5 Å². The van der Waals surface area contributed by atoms with Crippen LogP contribution in [0.25, 0.3) is 5.65 Å². The van der Waals surface area contributed by atoms with Crippen LogP contribution in [0.15, 0.2) is 41.3 Å². The second-order valence-electron chi connectivity index (χ2n) is 6.30. The molecule has 8 nitrogen and oxygen atoms in total. The Bertz CT molecular complexity index is 1100. The van der Waals surface area contributed by atoms with Crippen molar-refractivity contribution in [3.63, 3.8) is 0 Å². The predicted molar refractivity (Wildman–Crippen MR) is 99.3 cm³/mol. The number of rotatable bonds is 4. The van der Waals surface area contributed by atoms with E-state index < -0.39 is 5.97 Å². The molecule has 2 aromatic heterocycles. The van der Waals surface area contributed by atoms with Gasteiger partial charge < -0.3 is 18.9 Å². The van der Waals surface area contributed by atoms with E-state index in [9.17, 15) is 9.59 Å². The average Bonchev–Trinajstić information content (AvgIpc) is 2.71. The number of esters is 1. The van der Waals surface area contributed by atoms with Crippen molar-refractivity contribution < 1.29 is 23.7 Å². The first-order valence-corrected chi connectivity index (χ1v) is 8.69. The minimum atomic E-state index is -0.582. The van der Waals surface area contributed by atoms with E-state index in [0.29, 0.717) is 41.8 Å². The van der Waals surface area contributed by atoms with Crippen molar-refractivity contribution in [1.29, 1.82) is 0 Å². The number of pyridine rings is 1. The third-order valence-corrected chi connectivity index (χ3v) is 4.28. The van der Waals surface area contributed by atoms with E-state index in [1.54, 1.807) is 18.3 Å². The zero-order chi connectivity index (χ0) is 19.7. The minimum absolute atomic E-state index is 0.130. The quantitative estimate of drug-likeness (QED) is 0.639. The molecule has 1 aromatic carbocycles. The van der Waals surface area contributed by atoms with Crippen molar-refractivity contribution in [3.8, 4) is 17.2 Å². The lowest BCUT2D eigenvalue weighted by atomic mass is 10.1. The Morgan fingerprint density at radius 3 is 2.86 bits per heavy atom. The van der Waals surface area contributed by atoms with Crippen LogP contribution in [-0.2, 0) is 11.3 Å². The molecule has 0 aliphatic carbocycles. The molecule has 1 aliphatic rings. The lowest BCUT2D eigenvalue weighted by molar-refractivity contribution is 0.0466. The Labute approximate surface area is 160 Å². The molecule has 0 saturated carbocycles. The van der Waals surface area contributed by atoms with E-state index in [2.05, 4.69) is 4.98 Å². The second kappa shape index (κ2) is 7.22. The molecule has 0 atom stereocenters. The summed E-state index contributed by atoms with van der Waals surface area (Å²) in [6.45, 7) is 2.56. The summed E-state index contributed by atoms with van der Waals surface area (Å²) < 4.78 is 23.1. The molecule has 0 spiro atoms. The minimum Gasteiger partial charge on any atom is -0.493 e. The Kier molecular flexibility index (Phi) is 4.60. The molecule has 144 valence electrons. The molecule has 4 rings (SSSR count). The first-order chi connectivity index (χ1) is 13.5. The number of carbonyl (C=O) groups excluding carboxylic acids is 1. The highest BCUT2D eigenvalue weighted by Crippen LogP contribution is 2.40. The van der Waals surface area contributed by atoms with Gasteiger partial charge in [-0.2, -0.15) is 0 Å². The lowest BCUT2D eigenvalue weighted by Crippen LogP contribution is -2.18. The van der Waals surface area contributed by atoms with E-state index in [4.69, 9.17) is 18.9 Å². The average molecular weight is 382 g/mol. The van der Waals surface area contributed by atoms with Gasteiger partial charge in [0, 0.05) is 12.3 Å². The third kappa shape index (κ3) is 3.36. The number of methoxy groups -OCH3 is 1. The van der Waals surface area contributed by atoms with Gasteiger partial charge in [-0.25, -0.2) is 9.78 Å². The number of carbonyl (C=O) groups is 1. The maximum atomic E-state index is 12.5. The molecule has 3 heterocycles. The van der Waals surface area contributed by atoms with Crippen LogP contribution in [0.2, 0.25) is 0 Å². The monoisotopic (exact) mass is 382 g/mol. The molecule has 0 unspecified atom stereocenters. The summed E-state index contributed by atoms with van der Waals surface area (Å²) in [6, 6.07) is 8.03. The summed E-state index contributed by atoms with van der Waals surface area (Å²) >= 11 is 0. The van der Waals surface area contributed by atoms with E-state index in [1.807, 2.05) is 13.0 Å². The number of nitrogens with zero attached hydrogens (tertiary/aromatic N) is 2. The van der Waals surface area contributed by atoms with E-state index >= 15 is 0 Å². The number of benzene rings is 1. The van der Waals surface area contributed by atoms with E-state index in [0.717, 1.165) is 5.56 Å². The zero-order valence-electron chi connectivity index (χ0n) is 15.4. The Hall–Kier alpha value is -3.55. The van der Waals surface area contributed by atoms with Crippen LogP contribution >= 0.6 is 0 Å². The molecule has 0 bridgehead atoms. The lowest BCUT2D eigenvalue weighted by Gasteiger charge is -2.21. The normalized spacial score (nSPS) is 12.6. The number of fused-ring (bicyclic) bond motifs is 2. The molecule has 0 saturated heterocycles. The second-order valence-corrected chi connectivity index (χ2v) is 6.30. The van der Waals surface area contributed by atoms with Crippen LogP contribution in [0.3, 0.4) is 0 Å². The van der Waals surface area contributed by atoms with Gasteiger partial charge in [0.2, 0.25) is 5.75 Å². The summed E-state index contributed by atoms with van der Waals surface area (Å²) in [5.74, 6) is 0.697. The summed E-state index contributed by atoms with van der Waals surface area (Å²) in [4.78, 5) is 29.1. The zero-order valence-corrected chi connectivity index (χ0v) is 15.4. The summed E-state index contributed by atoms with van der Waals surface area (Å²) in [6.07, 6.45) is 1.71. The standard InChI is InChI=1S/C20H18N2O6/c1-12-3-4-17-21-14(9-18(23)22(17)10-12)11-28-20(24)13-7-15(25-2)19-16(8-13)26-5-6-27-19/h3-4,7-10H,5-6,11H2,1-2H3. The molecular formula is C20H18N2O6.